The molecule has 0 spiro atoms. The Hall–Kier alpha value is -0.460. The van der Waals surface area contributed by atoms with Crippen LogP contribution in [0, 0.1) is 5.82 Å². The molecule has 0 radical (unpaired) electrons. The van der Waals surface area contributed by atoms with Gasteiger partial charge in [0.1, 0.15) is 5.82 Å². The van der Waals surface area contributed by atoms with Crippen LogP contribution in [0.15, 0.2) is 22.7 Å². The second kappa shape index (κ2) is 7.52. The molecule has 1 aromatic rings. The van der Waals surface area contributed by atoms with Gasteiger partial charge in [-0.15, -0.1) is 0 Å². The van der Waals surface area contributed by atoms with Crippen LogP contribution in [0.2, 0.25) is 0 Å². The summed E-state index contributed by atoms with van der Waals surface area (Å²) in [6.07, 6.45) is 1.93. The summed E-state index contributed by atoms with van der Waals surface area (Å²) in [4.78, 5) is 14.1. The number of rotatable bonds is 4. The summed E-state index contributed by atoms with van der Waals surface area (Å²) < 4.78 is 19.2. The Balaban J connectivity index is 1.92. The van der Waals surface area contributed by atoms with Gasteiger partial charge >= 0.3 is 0 Å². The van der Waals surface area contributed by atoms with Crippen molar-refractivity contribution >= 4 is 37.8 Å². The van der Waals surface area contributed by atoms with Crippen LogP contribution in [0.25, 0.3) is 0 Å². The number of ether oxygens (including phenoxy) is 1. The zero-order chi connectivity index (χ0) is 14.5. The SMILES string of the molecule is O=C(c1ccc(F)c(Br)c1)N1CCC(OCCBr)CC1. The summed E-state index contributed by atoms with van der Waals surface area (Å²) >= 11 is 6.44. The fourth-order valence-electron chi connectivity index (χ4n) is 2.25. The van der Waals surface area contributed by atoms with Crippen LogP contribution in [-0.4, -0.2) is 41.9 Å². The third kappa shape index (κ3) is 4.02. The summed E-state index contributed by atoms with van der Waals surface area (Å²) in [5.74, 6) is -0.409. The first-order valence-corrected chi connectivity index (χ1v) is 8.45. The normalized spacial score (nSPS) is 16.4. The second-order valence-electron chi connectivity index (χ2n) is 4.68. The molecule has 6 heteroatoms. The van der Waals surface area contributed by atoms with Gasteiger partial charge in [-0.3, -0.25) is 4.79 Å². The van der Waals surface area contributed by atoms with E-state index in [1.54, 1.807) is 4.90 Å². The molecule has 1 amide bonds. The van der Waals surface area contributed by atoms with Crippen molar-refractivity contribution in [3.8, 4) is 0 Å². The Bertz CT molecular complexity index is 476. The highest BCUT2D eigenvalue weighted by Crippen LogP contribution is 2.20. The summed E-state index contributed by atoms with van der Waals surface area (Å²) in [5, 5.41) is 0.829. The summed E-state index contributed by atoms with van der Waals surface area (Å²) in [7, 11) is 0. The van der Waals surface area contributed by atoms with E-state index in [2.05, 4.69) is 31.9 Å². The molecule has 0 bridgehead atoms. The van der Waals surface area contributed by atoms with Crippen molar-refractivity contribution in [1.82, 2.24) is 4.90 Å². The third-order valence-electron chi connectivity index (χ3n) is 3.33. The van der Waals surface area contributed by atoms with Crippen LogP contribution in [0.1, 0.15) is 23.2 Å². The average molecular weight is 409 g/mol. The summed E-state index contributed by atoms with van der Waals surface area (Å²) in [6, 6.07) is 4.37. The van der Waals surface area contributed by atoms with E-state index in [9.17, 15) is 9.18 Å². The highest BCUT2D eigenvalue weighted by molar-refractivity contribution is 9.10. The first-order chi connectivity index (χ1) is 9.61. The predicted octanol–water partition coefficient (Wildman–Crippen LogP) is 3.60. The number of nitrogens with zero attached hydrogens (tertiary/aromatic N) is 1. The number of alkyl halides is 1. The molecule has 0 aromatic heterocycles. The number of piperidine rings is 1. The number of hydrogen-bond donors (Lipinski definition) is 0. The minimum Gasteiger partial charge on any atom is -0.377 e. The lowest BCUT2D eigenvalue weighted by Gasteiger charge is -2.32. The molecule has 1 heterocycles. The van der Waals surface area contributed by atoms with Crippen LogP contribution < -0.4 is 0 Å². The van der Waals surface area contributed by atoms with E-state index in [0.29, 0.717) is 29.7 Å². The maximum absolute atomic E-state index is 13.2. The Morgan fingerprint density at radius 3 is 2.70 bits per heavy atom. The van der Waals surface area contributed by atoms with E-state index in [1.807, 2.05) is 0 Å². The molecule has 1 aromatic carbocycles. The molecule has 0 N–H and O–H groups in total. The van der Waals surface area contributed by atoms with Crippen LogP contribution >= 0.6 is 31.9 Å². The number of halogens is 3. The van der Waals surface area contributed by atoms with Gasteiger partial charge in [0.15, 0.2) is 0 Å². The van der Waals surface area contributed by atoms with Gasteiger partial charge in [-0.1, -0.05) is 15.9 Å². The number of carbonyl (C=O) groups is 1. The summed E-state index contributed by atoms with van der Waals surface area (Å²) in [6.45, 7) is 2.06. The Morgan fingerprint density at radius 1 is 1.40 bits per heavy atom. The standard InChI is InChI=1S/C14H16Br2FNO2/c15-5-8-20-11-3-6-18(7-4-11)14(19)10-1-2-13(17)12(16)9-10/h1-2,9,11H,3-8H2. The fourth-order valence-corrected chi connectivity index (χ4v) is 2.81. The minimum absolute atomic E-state index is 0.0513. The average Bonchev–Trinajstić information content (AvgIpc) is 2.48. The highest BCUT2D eigenvalue weighted by Gasteiger charge is 2.24. The van der Waals surface area contributed by atoms with E-state index >= 15 is 0 Å². The molecule has 110 valence electrons. The van der Waals surface area contributed by atoms with Crippen molar-refractivity contribution in [2.24, 2.45) is 0 Å². The minimum atomic E-state index is -0.358. The lowest BCUT2D eigenvalue weighted by Crippen LogP contribution is -2.41. The van der Waals surface area contributed by atoms with Crippen molar-refractivity contribution in [3.63, 3.8) is 0 Å². The van der Waals surface area contributed by atoms with Crippen molar-refractivity contribution < 1.29 is 13.9 Å². The molecule has 0 atom stereocenters. The van der Waals surface area contributed by atoms with Gasteiger partial charge in [-0.2, -0.15) is 0 Å². The number of benzene rings is 1. The third-order valence-corrected chi connectivity index (χ3v) is 4.26. The zero-order valence-corrected chi connectivity index (χ0v) is 14.1. The van der Waals surface area contributed by atoms with Crippen LogP contribution in [0.4, 0.5) is 4.39 Å². The lowest BCUT2D eigenvalue weighted by atomic mass is 10.1. The molecule has 0 unspecified atom stereocenters. The molecule has 3 nitrogen and oxygen atoms in total. The maximum atomic E-state index is 13.2. The second-order valence-corrected chi connectivity index (χ2v) is 6.33. The van der Waals surface area contributed by atoms with E-state index < -0.39 is 0 Å². The Labute approximate surface area is 134 Å². The quantitative estimate of drug-likeness (QED) is 0.712. The van der Waals surface area contributed by atoms with Gasteiger partial charge in [-0.05, 0) is 47.0 Å². The van der Waals surface area contributed by atoms with Crippen LogP contribution in [-0.2, 0) is 4.74 Å². The van der Waals surface area contributed by atoms with Crippen LogP contribution in [0.3, 0.4) is 0 Å². The van der Waals surface area contributed by atoms with Gasteiger partial charge in [-0.25, -0.2) is 4.39 Å². The van der Waals surface area contributed by atoms with E-state index in [-0.39, 0.29) is 17.8 Å². The zero-order valence-electron chi connectivity index (χ0n) is 10.9. The summed E-state index contributed by atoms with van der Waals surface area (Å²) in [5.41, 5.74) is 0.512. The van der Waals surface area contributed by atoms with Gasteiger partial charge < -0.3 is 9.64 Å². The number of carbonyl (C=O) groups excluding carboxylic acids is 1. The predicted molar refractivity (Wildman–Crippen MR) is 82.8 cm³/mol. The largest absolute Gasteiger partial charge is 0.377 e. The van der Waals surface area contributed by atoms with E-state index in [4.69, 9.17) is 4.74 Å². The molecule has 1 aliphatic heterocycles. The number of amides is 1. The Morgan fingerprint density at radius 2 is 2.10 bits per heavy atom. The maximum Gasteiger partial charge on any atom is 0.253 e. The first-order valence-electron chi connectivity index (χ1n) is 6.53. The molecule has 0 saturated carbocycles. The smallest absolute Gasteiger partial charge is 0.253 e. The lowest BCUT2D eigenvalue weighted by molar-refractivity contribution is 0.0160. The van der Waals surface area contributed by atoms with Crippen molar-refractivity contribution in [2.75, 3.05) is 25.0 Å². The molecule has 1 fully saturated rings. The Kier molecular flexibility index (Phi) is 5.99. The first kappa shape index (κ1) is 15.9. The van der Waals surface area contributed by atoms with Gasteiger partial charge in [0.2, 0.25) is 0 Å². The van der Waals surface area contributed by atoms with E-state index in [1.165, 1.54) is 18.2 Å². The topological polar surface area (TPSA) is 29.5 Å². The van der Waals surface area contributed by atoms with Gasteiger partial charge in [0, 0.05) is 24.0 Å². The van der Waals surface area contributed by atoms with Gasteiger partial charge in [0.25, 0.3) is 5.91 Å². The van der Waals surface area contributed by atoms with Crippen molar-refractivity contribution in [1.29, 1.82) is 0 Å². The number of likely N-dealkylation sites (tertiary alicyclic amines) is 1. The number of hydrogen-bond acceptors (Lipinski definition) is 2. The highest BCUT2D eigenvalue weighted by atomic mass is 79.9. The molecule has 1 aliphatic rings. The molecule has 0 aliphatic carbocycles. The monoisotopic (exact) mass is 407 g/mol. The van der Waals surface area contributed by atoms with Crippen LogP contribution in [0.5, 0.6) is 0 Å². The molecular weight excluding hydrogens is 393 g/mol. The molecular formula is C14H16Br2FNO2. The van der Waals surface area contributed by atoms with Crippen molar-refractivity contribution in [2.45, 2.75) is 18.9 Å². The molecule has 20 heavy (non-hydrogen) atoms. The molecule has 1 saturated heterocycles. The van der Waals surface area contributed by atoms with Crippen molar-refractivity contribution in [3.05, 3.63) is 34.1 Å². The molecule has 2 rings (SSSR count). The van der Waals surface area contributed by atoms with E-state index in [0.717, 1.165) is 18.2 Å². The fraction of sp³-hybridized carbons (Fsp3) is 0.500. The van der Waals surface area contributed by atoms with Gasteiger partial charge in [0.05, 0.1) is 17.2 Å².